The van der Waals surface area contributed by atoms with Crippen LogP contribution in [0, 0.1) is 0 Å². The topological polar surface area (TPSA) is 63.5 Å². The number of morpholine rings is 1. The van der Waals surface area contributed by atoms with Gasteiger partial charge in [0.25, 0.3) is 0 Å². The Morgan fingerprint density at radius 1 is 1.32 bits per heavy atom. The van der Waals surface area contributed by atoms with Gasteiger partial charge in [0.2, 0.25) is 5.91 Å². The van der Waals surface area contributed by atoms with Crippen LogP contribution in [0.1, 0.15) is 25.0 Å². The second-order valence-corrected chi connectivity index (χ2v) is 6.18. The second-order valence-electron chi connectivity index (χ2n) is 6.18. The van der Waals surface area contributed by atoms with Crippen molar-refractivity contribution in [3.8, 4) is 0 Å². The van der Waals surface area contributed by atoms with Gasteiger partial charge in [-0.3, -0.25) is 14.4 Å². The molecule has 7 heteroatoms. The van der Waals surface area contributed by atoms with Crippen molar-refractivity contribution in [2.45, 2.75) is 31.7 Å². The fourth-order valence-corrected chi connectivity index (χ4v) is 3.33. The number of rotatable bonds is 4. The predicted octanol–water partition coefficient (Wildman–Crippen LogP) is 0.0709. The van der Waals surface area contributed by atoms with E-state index in [1.807, 2.05) is 7.05 Å². The minimum Gasteiger partial charge on any atom is -0.379 e. The van der Waals surface area contributed by atoms with Gasteiger partial charge in [-0.2, -0.15) is 0 Å². The molecule has 2 aliphatic rings. The molecule has 7 nitrogen and oxygen atoms in total. The number of nitrogens with zero attached hydrogens (tertiary/aromatic N) is 5. The molecule has 1 unspecified atom stereocenters. The van der Waals surface area contributed by atoms with Crippen LogP contribution in [0.5, 0.6) is 0 Å². The minimum atomic E-state index is 0.198. The molecule has 0 saturated carbocycles. The van der Waals surface area contributed by atoms with Crippen molar-refractivity contribution in [3.05, 3.63) is 11.9 Å². The Hall–Kier alpha value is -1.47. The lowest BCUT2D eigenvalue weighted by atomic mass is 10.0. The van der Waals surface area contributed by atoms with E-state index in [0.29, 0.717) is 12.5 Å². The number of hydrogen-bond acceptors (Lipinski definition) is 5. The van der Waals surface area contributed by atoms with E-state index in [1.165, 1.54) is 6.42 Å². The lowest BCUT2D eigenvalue weighted by Crippen LogP contribution is -2.51. The van der Waals surface area contributed by atoms with Crippen LogP contribution in [0.25, 0.3) is 0 Å². The van der Waals surface area contributed by atoms with Gasteiger partial charge in [-0.1, -0.05) is 5.21 Å². The van der Waals surface area contributed by atoms with Crippen LogP contribution in [-0.2, 0) is 23.0 Å². The first kappa shape index (κ1) is 15.4. The van der Waals surface area contributed by atoms with E-state index in [4.69, 9.17) is 4.74 Å². The molecule has 0 spiro atoms. The maximum Gasteiger partial charge on any atom is 0.228 e. The number of carbonyl (C=O) groups excluding carboxylic acids is 1. The van der Waals surface area contributed by atoms with Gasteiger partial charge < -0.3 is 9.64 Å². The number of aryl methyl sites for hydroxylation is 1. The van der Waals surface area contributed by atoms with Crippen molar-refractivity contribution in [1.29, 1.82) is 0 Å². The molecule has 3 rings (SSSR count). The lowest BCUT2D eigenvalue weighted by molar-refractivity contribution is -0.135. The number of likely N-dealkylation sites (tertiary alicyclic amines) is 1. The van der Waals surface area contributed by atoms with Gasteiger partial charge >= 0.3 is 0 Å². The number of aromatic nitrogens is 3. The molecular weight excluding hydrogens is 282 g/mol. The molecule has 2 fully saturated rings. The summed E-state index contributed by atoms with van der Waals surface area (Å²) in [5.74, 6) is 0.198. The monoisotopic (exact) mass is 307 g/mol. The summed E-state index contributed by atoms with van der Waals surface area (Å²) in [6, 6.07) is 0.334. The van der Waals surface area contributed by atoms with Crippen molar-refractivity contribution in [3.63, 3.8) is 0 Å². The Morgan fingerprint density at radius 3 is 2.86 bits per heavy atom. The van der Waals surface area contributed by atoms with Gasteiger partial charge in [-0.25, -0.2) is 0 Å². The molecule has 122 valence electrons. The van der Waals surface area contributed by atoms with Crippen LogP contribution in [0.15, 0.2) is 6.20 Å². The first-order valence-corrected chi connectivity index (χ1v) is 8.17. The zero-order valence-corrected chi connectivity index (χ0v) is 13.3. The van der Waals surface area contributed by atoms with Crippen molar-refractivity contribution in [1.82, 2.24) is 24.8 Å². The highest BCUT2D eigenvalue weighted by Gasteiger charge is 2.29. The molecule has 0 aromatic carbocycles. The third-order valence-electron chi connectivity index (χ3n) is 4.66. The van der Waals surface area contributed by atoms with Gasteiger partial charge in [0.15, 0.2) is 0 Å². The van der Waals surface area contributed by atoms with Gasteiger partial charge in [-0.15, -0.1) is 5.10 Å². The molecule has 3 heterocycles. The molecule has 1 amide bonds. The number of piperidine rings is 1. The molecule has 2 saturated heterocycles. The lowest BCUT2D eigenvalue weighted by Gasteiger charge is -2.39. The third-order valence-corrected chi connectivity index (χ3v) is 4.66. The Bertz CT molecular complexity index is 498. The first-order valence-electron chi connectivity index (χ1n) is 8.17. The number of carbonyl (C=O) groups is 1. The summed E-state index contributed by atoms with van der Waals surface area (Å²) < 4.78 is 7.09. The van der Waals surface area contributed by atoms with Gasteiger partial charge in [0, 0.05) is 39.3 Å². The van der Waals surface area contributed by atoms with Crippen molar-refractivity contribution < 1.29 is 9.53 Å². The minimum absolute atomic E-state index is 0.198. The Kier molecular flexibility index (Phi) is 5.04. The van der Waals surface area contributed by atoms with E-state index in [9.17, 15) is 4.79 Å². The number of amides is 1. The predicted molar refractivity (Wildman–Crippen MR) is 81.3 cm³/mol. The normalized spacial score (nSPS) is 23.7. The zero-order chi connectivity index (χ0) is 15.4. The van der Waals surface area contributed by atoms with Crippen LogP contribution in [0.4, 0.5) is 0 Å². The molecule has 1 atom stereocenters. The highest BCUT2D eigenvalue weighted by atomic mass is 16.5. The molecule has 0 radical (unpaired) electrons. The van der Waals surface area contributed by atoms with Gasteiger partial charge in [0.05, 0.1) is 31.5 Å². The van der Waals surface area contributed by atoms with E-state index in [0.717, 1.165) is 57.9 Å². The average molecular weight is 307 g/mol. The van der Waals surface area contributed by atoms with Crippen LogP contribution in [-0.4, -0.2) is 76.1 Å². The summed E-state index contributed by atoms with van der Waals surface area (Å²) in [6.45, 7) is 5.41. The van der Waals surface area contributed by atoms with E-state index in [-0.39, 0.29) is 5.91 Å². The average Bonchev–Trinajstić information content (AvgIpc) is 2.94. The first-order chi connectivity index (χ1) is 10.7. The van der Waals surface area contributed by atoms with Crippen molar-refractivity contribution in [2.24, 2.45) is 7.05 Å². The molecule has 0 bridgehead atoms. The smallest absolute Gasteiger partial charge is 0.228 e. The fourth-order valence-electron chi connectivity index (χ4n) is 3.33. The summed E-state index contributed by atoms with van der Waals surface area (Å²) in [6.07, 6.45) is 5.50. The maximum atomic E-state index is 12.7. The fraction of sp³-hybridized carbons (Fsp3) is 0.800. The van der Waals surface area contributed by atoms with Crippen LogP contribution >= 0.6 is 0 Å². The Balaban J connectivity index is 1.61. The second kappa shape index (κ2) is 7.19. The van der Waals surface area contributed by atoms with Crippen LogP contribution < -0.4 is 0 Å². The third kappa shape index (κ3) is 3.64. The van der Waals surface area contributed by atoms with E-state index < -0.39 is 0 Å². The van der Waals surface area contributed by atoms with Gasteiger partial charge in [0.1, 0.15) is 0 Å². The SMILES string of the molecule is Cn1nncc1CC(=O)N1CCCCC1CN1CCOCC1. The highest BCUT2D eigenvalue weighted by Crippen LogP contribution is 2.19. The van der Waals surface area contributed by atoms with Gasteiger partial charge in [-0.05, 0) is 19.3 Å². The van der Waals surface area contributed by atoms with E-state index in [1.54, 1.807) is 10.9 Å². The molecule has 0 N–H and O–H groups in total. The van der Waals surface area contributed by atoms with E-state index >= 15 is 0 Å². The van der Waals surface area contributed by atoms with Crippen molar-refractivity contribution >= 4 is 5.91 Å². The summed E-state index contributed by atoms with van der Waals surface area (Å²) >= 11 is 0. The molecule has 1 aromatic heterocycles. The zero-order valence-electron chi connectivity index (χ0n) is 13.3. The van der Waals surface area contributed by atoms with Crippen molar-refractivity contribution in [2.75, 3.05) is 39.4 Å². The quantitative estimate of drug-likeness (QED) is 0.788. The number of hydrogen-bond donors (Lipinski definition) is 0. The largest absolute Gasteiger partial charge is 0.379 e. The Morgan fingerprint density at radius 2 is 2.14 bits per heavy atom. The summed E-state index contributed by atoms with van der Waals surface area (Å²) in [5, 5.41) is 7.75. The summed E-state index contributed by atoms with van der Waals surface area (Å²) in [7, 11) is 1.83. The maximum absolute atomic E-state index is 12.7. The summed E-state index contributed by atoms with van der Waals surface area (Å²) in [5.41, 5.74) is 0.876. The van der Waals surface area contributed by atoms with Crippen LogP contribution in [0.2, 0.25) is 0 Å². The summed E-state index contributed by atoms with van der Waals surface area (Å²) in [4.78, 5) is 17.2. The molecule has 0 aliphatic carbocycles. The molecule has 1 aromatic rings. The molecule has 2 aliphatic heterocycles. The van der Waals surface area contributed by atoms with E-state index in [2.05, 4.69) is 20.1 Å². The van der Waals surface area contributed by atoms with Crippen LogP contribution in [0.3, 0.4) is 0 Å². The Labute approximate surface area is 131 Å². The molecular formula is C15H25N5O2. The standard InChI is InChI=1S/C15H25N5O2/c1-18-14(11-16-17-18)10-15(21)20-5-3-2-4-13(20)12-19-6-8-22-9-7-19/h11,13H,2-10,12H2,1H3. The number of ether oxygens (including phenoxy) is 1. The highest BCUT2D eigenvalue weighted by molar-refractivity contribution is 5.78. The molecule has 22 heavy (non-hydrogen) atoms.